The summed E-state index contributed by atoms with van der Waals surface area (Å²) < 4.78 is 3.32. The molecule has 0 saturated heterocycles. The van der Waals surface area contributed by atoms with E-state index in [2.05, 4.69) is 6.07 Å². The molecule has 4 rings (SSSR count). The van der Waals surface area contributed by atoms with Crippen LogP contribution in [0.3, 0.4) is 0 Å². The fourth-order valence-electron chi connectivity index (χ4n) is 3.42. The molecule has 0 aliphatic heterocycles. The zero-order valence-electron chi connectivity index (χ0n) is 13.3. The minimum absolute atomic E-state index is 0.0386. The second kappa shape index (κ2) is 4.87. The lowest BCUT2D eigenvalue weighted by atomic mass is 9.87. The third-order valence-electron chi connectivity index (χ3n) is 4.74. The number of carbonyl (C=O) groups excluding carboxylic acids is 2. The molecular weight excluding hydrogens is 302 g/mol. The maximum absolute atomic E-state index is 13.1. The molecule has 1 aliphatic rings. The van der Waals surface area contributed by atoms with Crippen LogP contribution >= 0.6 is 0 Å². The average molecular weight is 316 g/mol. The number of ketones is 2. The molecule has 0 saturated carbocycles. The van der Waals surface area contributed by atoms with Gasteiger partial charge in [-0.25, -0.2) is 9.13 Å². The van der Waals surface area contributed by atoms with Crippen molar-refractivity contribution in [1.82, 2.24) is 4.57 Å². The van der Waals surface area contributed by atoms with Gasteiger partial charge in [0.2, 0.25) is 23.0 Å². The van der Waals surface area contributed by atoms with Crippen LogP contribution in [0.15, 0.2) is 36.4 Å². The van der Waals surface area contributed by atoms with E-state index >= 15 is 0 Å². The number of benzene rings is 2. The van der Waals surface area contributed by atoms with Gasteiger partial charge in [-0.2, -0.15) is 5.26 Å². The topological polar surface area (TPSA) is 66.7 Å². The van der Waals surface area contributed by atoms with Gasteiger partial charge in [0.05, 0.1) is 7.05 Å². The molecule has 3 aromatic rings. The molecule has 1 aromatic heterocycles. The van der Waals surface area contributed by atoms with E-state index in [1.165, 1.54) is 0 Å². The Kier molecular flexibility index (Phi) is 2.91. The van der Waals surface area contributed by atoms with Crippen LogP contribution in [0.1, 0.15) is 37.9 Å². The number of hydrogen-bond acceptors (Lipinski definition) is 3. The van der Waals surface area contributed by atoms with Crippen LogP contribution in [-0.2, 0) is 13.6 Å². The van der Waals surface area contributed by atoms with Gasteiger partial charge in [-0.3, -0.25) is 9.59 Å². The quantitative estimate of drug-likeness (QED) is 0.505. The van der Waals surface area contributed by atoms with Crippen LogP contribution in [0.25, 0.3) is 10.8 Å². The van der Waals surface area contributed by atoms with Crippen molar-refractivity contribution in [3.05, 3.63) is 64.7 Å². The number of hydrogen-bond donors (Lipinski definition) is 0. The van der Waals surface area contributed by atoms with Crippen molar-refractivity contribution in [1.29, 1.82) is 5.26 Å². The molecule has 0 bridgehead atoms. The van der Waals surface area contributed by atoms with Crippen LogP contribution in [0.4, 0.5) is 0 Å². The third-order valence-corrected chi connectivity index (χ3v) is 4.74. The summed E-state index contributed by atoms with van der Waals surface area (Å²) in [6.07, 6.45) is 0. The number of rotatable bonds is 1. The molecule has 0 fully saturated rings. The van der Waals surface area contributed by atoms with Gasteiger partial charge in [0.15, 0.2) is 6.54 Å². The Bertz CT molecular complexity index is 1100. The summed E-state index contributed by atoms with van der Waals surface area (Å²) in [6, 6.07) is 13.3. The molecule has 24 heavy (non-hydrogen) atoms. The Labute approximate surface area is 138 Å². The number of nitriles is 1. The summed E-state index contributed by atoms with van der Waals surface area (Å²) >= 11 is 0. The summed E-state index contributed by atoms with van der Waals surface area (Å²) in [5, 5.41) is 10.9. The molecule has 116 valence electrons. The largest absolute Gasteiger partial charge is 0.284 e. The first kappa shape index (κ1) is 14.3. The minimum atomic E-state index is -0.204. The molecule has 0 unspecified atom stereocenters. The molecule has 0 spiro atoms. The van der Waals surface area contributed by atoms with Gasteiger partial charge in [0, 0.05) is 18.1 Å². The highest BCUT2D eigenvalue weighted by molar-refractivity contribution is 6.27. The third kappa shape index (κ3) is 1.71. The van der Waals surface area contributed by atoms with Gasteiger partial charge in [-0.05, 0) is 22.9 Å². The number of imidazole rings is 1. The molecule has 0 amide bonds. The molecule has 0 radical (unpaired) electrons. The summed E-state index contributed by atoms with van der Waals surface area (Å²) in [6.45, 7) is 1.84. The predicted octanol–water partition coefficient (Wildman–Crippen LogP) is 2.07. The molecular formula is C19H14N3O2+. The minimum Gasteiger partial charge on any atom is -0.284 e. The van der Waals surface area contributed by atoms with Gasteiger partial charge in [0.25, 0.3) is 5.82 Å². The molecule has 5 heteroatoms. The lowest BCUT2D eigenvalue weighted by molar-refractivity contribution is -0.679. The SMILES string of the molecule is Cc1n(CC#N)c2c([n+]1C)C(=O)c1cc3ccccc3cc1C2=O. The summed E-state index contributed by atoms with van der Waals surface area (Å²) in [5.41, 5.74) is 1.50. The Morgan fingerprint density at radius 1 is 1.08 bits per heavy atom. The van der Waals surface area contributed by atoms with E-state index < -0.39 is 0 Å². The molecule has 0 N–H and O–H groups in total. The smallest absolute Gasteiger partial charge is 0.255 e. The first-order chi connectivity index (χ1) is 11.5. The fraction of sp³-hybridized carbons (Fsp3) is 0.158. The van der Waals surface area contributed by atoms with Gasteiger partial charge in [0.1, 0.15) is 6.07 Å². The van der Waals surface area contributed by atoms with Crippen molar-refractivity contribution in [2.75, 3.05) is 0 Å². The highest BCUT2D eigenvalue weighted by Gasteiger charge is 2.42. The van der Waals surface area contributed by atoms with Gasteiger partial charge in [-0.1, -0.05) is 24.3 Å². The summed E-state index contributed by atoms with van der Waals surface area (Å²) in [7, 11) is 1.75. The average Bonchev–Trinajstić information content (AvgIpc) is 2.84. The van der Waals surface area contributed by atoms with Crippen LogP contribution in [-0.4, -0.2) is 16.1 Å². The highest BCUT2D eigenvalue weighted by atomic mass is 16.1. The number of aromatic nitrogens is 2. The number of carbonyl (C=O) groups is 2. The zero-order chi connectivity index (χ0) is 17.0. The van der Waals surface area contributed by atoms with E-state index in [1.807, 2.05) is 24.3 Å². The normalized spacial score (nSPS) is 12.9. The molecule has 0 atom stereocenters. The second-order valence-corrected chi connectivity index (χ2v) is 5.95. The fourth-order valence-corrected chi connectivity index (χ4v) is 3.42. The standard InChI is InChI=1S/C19H14N3O2/c1-11-21(2)16-17(22(11)8-7-20)19(24)15-10-13-6-4-3-5-12(13)9-14(15)18(16)23/h3-6,9-10H,8H2,1-2H3/q+1. The summed E-state index contributed by atoms with van der Waals surface area (Å²) in [4.78, 5) is 26.1. The van der Waals surface area contributed by atoms with Crippen LogP contribution in [0, 0.1) is 18.3 Å². The van der Waals surface area contributed by atoms with Crippen molar-refractivity contribution in [2.24, 2.45) is 7.05 Å². The Balaban J connectivity index is 2.07. The van der Waals surface area contributed by atoms with E-state index in [-0.39, 0.29) is 18.1 Å². The molecule has 2 aromatic carbocycles. The molecule has 5 nitrogen and oxygen atoms in total. The van der Waals surface area contributed by atoms with E-state index in [4.69, 9.17) is 5.26 Å². The first-order valence-electron chi connectivity index (χ1n) is 7.63. The van der Waals surface area contributed by atoms with Crippen molar-refractivity contribution in [3.8, 4) is 6.07 Å². The second-order valence-electron chi connectivity index (χ2n) is 5.95. The number of nitrogens with zero attached hydrogens (tertiary/aromatic N) is 3. The lowest BCUT2D eigenvalue weighted by Crippen LogP contribution is -2.39. The summed E-state index contributed by atoms with van der Waals surface area (Å²) in [5.74, 6) is 0.331. The van der Waals surface area contributed by atoms with Crippen molar-refractivity contribution >= 4 is 22.3 Å². The lowest BCUT2D eigenvalue weighted by Gasteiger charge is -2.13. The zero-order valence-corrected chi connectivity index (χ0v) is 13.3. The van der Waals surface area contributed by atoms with Crippen LogP contribution in [0.5, 0.6) is 0 Å². The first-order valence-corrected chi connectivity index (χ1v) is 7.63. The van der Waals surface area contributed by atoms with E-state index in [1.54, 1.807) is 35.2 Å². The van der Waals surface area contributed by atoms with Crippen molar-refractivity contribution < 1.29 is 14.2 Å². The van der Waals surface area contributed by atoms with Crippen molar-refractivity contribution in [3.63, 3.8) is 0 Å². The Morgan fingerprint density at radius 2 is 1.67 bits per heavy atom. The van der Waals surface area contributed by atoms with Crippen molar-refractivity contribution in [2.45, 2.75) is 13.5 Å². The van der Waals surface area contributed by atoms with E-state index in [0.717, 1.165) is 10.8 Å². The monoisotopic (exact) mass is 316 g/mol. The maximum atomic E-state index is 13.1. The van der Waals surface area contributed by atoms with Gasteiger partial charge >= 0.3 is 0 Å². The molecule has 1 aliphatic carbocycles. The highest BCUT2D eigenvalue weighted by Crippen LogP contribution is 2.30. The molecule has 1 heterocycles. The van der Waals surface area contributed by atoms with Crippen LogP contribution in [0.2, 0.25) is 0 Å². The van der Waals surface area contributed by atoms with Gasteiger partial charge in [-0.15, -0.1) is 0 Å². The maximum Gasteiger partial charge on any atom is 0.255 e. The van der Waals surface area contributed by atoms with Crippen LogP contribution < -0.4 is 4.57 Å². The van der Waals surface area contributed by atoms with E-state index in [0.29, 0.717) is 28.3 Å². The van der Waals surface area contributed by atoms with E-state index in [9.17, 15) is 9.59 Å². The predicted molar refractivity (Wildman–Crippen MR) is 86.8 cm³/mol. The van der Waals surface area contributed by atoms with Gasteiger partial charge < -0.3 is 0 Å². The number of fused-ring (bicyclic) bond motifs is 3. The Morgan fingerprint density at radius 3 is 2.25 bits per heavy atom. The Hall–Kier alpha value is -3.26.